The molecule has 0 unspecified atom stereocenters. The first-order valence-corrected chi connectivity index (χ1v) is 7.78. The highest BCUT2D eigenvalue weighted by atomic mass is 79.9. The minimum Gasteiger partial charge on any atom is -0.292 e. The minimum absolute atomic E-state index is 1.08. The lowest BCUT2D eigenvalue weighted by atomic mass is 10.1. The van der Waals surface area contributed by atoms with E-state index in [4.69, 9.17) is 0 Å². The van der Waals surface area contributed by atoms with Crippen LogP contribution in [-0.4, -0.2) is 12.8 Å². The van der Waals surface area contributed by atoms with Gasteiger partial charge in [0.15, 0.2) is 0 Å². The molecule has 0 fully saturated rings. The molecule has 0 N–H and O–H groups in total. The summed E-state index contributed by atoms with van der Waals surface area (Å²) in [7, 11) is 1.87. The van der Waals surface area contributed by atoms with Gasteiger partial charge < -0.3 is 0 Å². The van der Waals surface area contributed by atoms with Gasteiger partial charge in [-0.25, -0.2) is 0 Å². The maximum Gasteiger partial charge on any atom is 0.0417 e. The molecule has 0 saturated heterocycles. The monoisotopic (exact) mass is 313 g/mol. The minimum atomic E-state index is 1.08. The summed E-state index contributed by atoms with van der Waals surface area (Å²) in [4.78, 5) is 4.33. The van der Waals surface area contributed by atoms with E-state index in [1.807, 2.05) is 34.7 Å². The van der Waals surface area contributed by atoms with Crippen LogP contribution in [-0.2, 0) is 0 Å². The third kappa shape index (κ3) is 8.46. The molecule has 0 amide bonds. The molecule has 18 heavy (non-hydrogen) atoms. The Hall–Kier alpha value is -0.630. The lowest BCUT2D eigenvalue weighted by molar-refractivity contribution is 0.834. The number of nitrogens with zero attached hydrogens (tertiary/aromatic N) is 1. The maximum absolute atomic E-state index is 4.33. The second-order valence-corrected chi connectivity index (χ2v) is 4.20. The first-order chi connectivity index (χ1) is 8.77. The molecule has 0 radical (unpaired) electrons. The molecule has 0 heterocycles. The van der Waals surface area contributed by atoms with Crippen LogP contribution in [0, 0.1) is 0 Å². The number of rotatable bonds is 4. The second kappa shape index (κ2) is 14.4. The molecule has 0 aliphatic carbocycles. The van der Waals surface area contributed by atoms with E-state index in [1.165, 1.54) is 24.1 Å². The fraction of sp³-hybridized carbons (Fsp3) is 0.562. The second-order valence-electron chi connectivity index (χ2n) is 3.28. The van der Waals surface area contributed by atoms with Gasteiger partial charge in [0.25, 0.3) is 0 Å². The van der Waals surface area contributed by atoms with Gasteiger partial charge in [-0.15, -0.1) is 0 Å². The van der Waals surface area contributed by atoms with E-state index in [0.29, 0.717) is 0 Å². The van der Waals surface area contributed by atoms with Crippen molar-refractivity contribution in [3.8, 4) is 0 Å². The summed E-state index contributed by atoms with van der Waals surface area (Å²) >= 11 is 3.43. The molecule has 0 aromatic heterocycles. The molecule has 1 rings (SSSR count). The third-order valence-electron chi connectivity index (χ3n) is 2.21. The lowest BCUT2D eigenvalue weighted by Crippen LogP contribution is -2.00. The standard InChI is InChI=1S/C12H16BrN.2C2H6/c1-3-4-5-12(14-2)10-6-8-11(13)9-7-10;2*1-2/h6-9H,3-5H2,1-2H3;2*1-2H3. The molecular weight excluding hydrogens is 286 g/mol. The van der Waals surface area contributed by atoms with E-state index in [2.05, 4.69) is 52.1 Å². The highest BCUT2D eigenvalue weighted by Crippen LogP contribution is 2.13. The molecule has 0 atom stereocenters. The van der Waals surface area contributed by atoms with Gasteiger partial charge in [0.2, 0.25) is 0 Å². The van der Waals surface area contributed by atoms with Crippen molar-refractivity contribution in [2.45, 2.75) is 53.9 Å². The van der Waals surface area contributed by atoms with Crippen molar-refractivity contribution >= 4 is 21.6 Å². The first kappa shape index (κ1) is 19.7. The fourth-order valence-electron chi connectivity index (χ4n) is 1.37. The smallest absolute Gasteiger partial charge is 0.0417 e. The zero-order valence-corrected chi connectivity index (χ0v) is 14.3. The van der Waals surface area contributed by atoms with Crippen LogP contribution in [0.2, 0.25) is 0 Å². The van der Waals surface area contributed by atoms with Crippen LogP contribution in [0.25, 0.3) is 0 Å². The summed E-state index contributed by atoms with van der Waals surface area (Å²) in [5, 5.41) is 0. The number of hydrogen-bond donors (Lipinski definition) is 0. The summed E-state index contributed by atoms with van der Waals surface area (Å²) in [5.74, 6) is 0. The van der Waals surface area contributed by atoms with Crippen LogP contribution in [0.3, 0.4) is 0 Å². The number of halogens is 1. The van der Waals surface area contributed by atoms with Crippen molar-refractivity contribution in [3.63, 3.8) is 0 Å². The van der Waals surface area contributed by atoms with Crippen LogP contribution in [0.1, 0.15) is 59.4 Å². The van der Waals surface area contributed by atoms with Gasteiger partial charge in [-0.05, 0) is 30.5 Å². The van der Waals surface area contributed by atoms with Crippen LogP contribution < -0.4 is 0 Å². The van der Waals surface area contributed by atoms with E-state index in [1.54, 1.807) is 0 Å². The fourth-order valence-corrected chi connectivity index (χ4v) is 1.64. The molecule has 1 aromatic rings. The van der Waals surface area contributed by atoms with Gasteiger partial charge in [-0.3, -0.25) is 4.99 Å². The zero-order chi connectivity index (χ0) is 14.4. The SMILES string of the molecule is CC.CC.CCCCC(=NC)c1ccc(Br)cc1. The molecule has 0 saturated carbocycles. The number of aliphatic imine (C=N–C) groups is 1. The molecule has 1 nitrogen and oxygen atoms in total. The average molecular weight is 314 g/mol. The Bertz CT molecular complexity index is 301. The van der Waals surface area contributed by atoms with Gasteiger partial charge >= 0.3 is 0 Å². The Balaban J connectivity index is 0. The molecule has 2 heteroatoms. The Morgan fingerprint density at radius 1 is 1.06 bits per heavy atom. The van der Waals surface area contributed by atoms with Crippen molar-refractivity contribution in [2.75, 3.05) is 7.05 Å². The summed E-state index contributed by atoms with van der Waals surface area (Å²) in [6.07, 6.45) is 3.51. The maximum atomic E-state index is 4.33. The normalized spacial score (nSPS) is 9.83. The average Bonchev–Trinajstić information content (AvgIpc) is 2.46. The predicted molar refractivity (Wildman–Crippen MR) is 88.8 cm³/mol. The molecule has 0 bridgehead atoms. The van der Waals surface area contributed by atoms with Crippen LogP contribution in [0.4, 0.5) is 0 Å². The summed E-state index contributed by atoms with van der Waals surface area (Å²) in [6.45, 7) is 10.2. The van der Waals surface area contributed by atoms with Crippen molar-refractivity contribution < 1.29 is 0 Å². The van der Waals surface area contributed by atoms with Gasteiger partial charge in [-0.1, -0.05) is 69.1 Å². The summed E-state index contributed by atoms with van der Waals surface area (Å²) in [6, 6.07) is 8.35. The first-order valence-electron chi connectivity index (χ1n) is 6.99. The third-order valence-corrected chi connectivity index (χ3v) is 2.74. The number of unbranched alkanes of at least 4 members (excludes halogenated alkanes) is 1. The highest BCUT2D eigenvalue weighted by molar-refractivity contribution is 9.10. The van der Waals surface area contributed by atoms with Crippen molar-refractivity contribution in [1.29, 1.82) is 0 Å². The molecular formula is C16H28BrN. The van der Waals surface area contributed by atoms with Gasteiger partial charge in [0.05, 0.1) is 0 Å². The topological polar surface area (TPSA) is 12.4 Å². The summed E-state index contributed by atoms with van der Waals surface area (Å²) < 4.78 is 1.12. The predicted octanol–water partition coefficient (Wildman–Crippen LogP) is 6.11. The van der Waals surface area contributed by atoms with E-state index < -0.39 is 0 Å². The quantitative estimate of drug-likeness (QED) is 0.594. The van der Waals surface area contributed by atoms with Gasteiger partial charge in [0, 0.05) is 17.2 Å². The van der Waals surface area contributed by atoms with Crippen LogP contribution in [0.15, 0.2) is 33.7 Å². The van der Waals surface area contributed by atoms with Crippen LogP contribution in [0.5, 0.6) is 0 Å². The van der Waals surface area contributed by atoms with E-state index in [-0.39, 0.29) is 0 Å². The van der Waals surface area contributed by atoms with Gasteiger partial charge in [0.1, 0.15) is 0 Å². The lowest BCUT2D eigenvalue weighted by Gasteiger charge is -2.04. The molecule has 1 aromatic carbocycles. The van der Waals surface area contributed by atoms with Gasteiger partial charge in [-0.2, -0.15) is 0 Å². The largest absolute Gasteiger partial charge is 0.292 e. The zero-order valence-electron chi connectivity index (χ0n) is 12.8. The highest BCUT2D eigenvalue weighted by Gasteiger charge is 2.01. The number of benzene rings is 1. The van der Waals surface area contributed by atoms with E-state index >= 15 is 0 Å². The van der Waals surface area contributed by atoms with E-state index in [9.17, 15) is 0 Å². The van der Waals surface area contributed by atoms with Crippen molar-refractivity contribution in [2.24, 2.45) is 4.99 Å². The Kier molecular flexibility index (Phi) is 15.8. The van der Waals surface area contributed by atoms with Crippen molar-refractivity contribution in [1.82, 2.24) is 0 Å². The van der Waals surface area contributed by atoms with E-state index in [0.717, 1.165) is 10.9 Å². The number of hydrogen-bond acceptors (Lipinski definition) is 1. The van der Waals surface area contributed by atoms with Crippen LogP contribution >= 0.6 is 15.9 Å². The molecule has 0 aliphatic heterocycles. The van der Waals surface area contributed by atoms with Crippen molar-refractivity contribution in [3.05, 3.63) is 34.3 Å². The molecule has 0 spiro atoms. The Labute approximate surface area is 122 Å². The Morgan fingerprint density at radius 2 is 1.56 bits per heavy atom. The molecule has 104 valence electrons. The Morgan fingerprint density at radius 3 is 1.94 bits per heavy atom. The summed E-state index contributed by atoms with van der Waals surface area (Å²) in [5.41, 5.74) is 2.45. The molecule has 0 aliphatic rings.